The van der Waals surface area contributed by atoms with Gasteiger partial charge < -0.3 is 10.2 Å². The van der Waals surface area contributed by atoms with E-state index < -0.39 is 0 Å². The number of nitrogens with zero attached hydrogens (tertiary/aromatic N) is 3. The van der Waals surface area contributed by atoms with Crippen molar-refractivity contribution < 1.29 is 4.79 Å². The van der Waals surface area contributed by atoms with Gasteiger partial charge in [-0.2, -0.15) is 0 Å². The van der Waals surface area contributed by atoms with Gasteiger partial charge in [0.15, 0.2) is 0 Å². The number of rotatable bonds is 8. The van der Waals surface area contributed by atoms with Crippen LogP contribution in [0.5, 0.6) is 0 Å². The van der Waals surface area contributed by atoms with Gasteiger partial charge in [0.05, 0.1) is 5.75 Å². The number of nitrogens with one attached hydrogen (secondary N) is 1. The molecular formula is C20H24N4OS2. The molecule has 0 unspecified atom stereocenters. The summed E-state index contributed by atoms with van der Waals surface area (Å²) in [5, 5.41) is 4.97. The van der Waals surface area contributed by atoms with Crippen LogP contribution >= 0.6 is 23.1 Å². The predicted molar refractivity (Wildman–Crippen MR) is 113 cm³/mol. The maximum atomic E-state index is 12.2. The van der Waals surface area contributed by atoms with Crippen molar-refractivity contribution in [3.05, 3.63) is 52.7 Å². The Morgan fingerprint density at radius 1 is 1.22 bits per heavy atom. The minimum absolute atomic E-state index is 0.0319. The highest BCUT2D eigenvalue weighted by molar-refractivity contribution is 8.00. The number of likely N-dealkylation sites (N-methyl/N-ethyl adjacent to an activating group) is 1. The Bertz CT molecular complexity index is 911. The van der Waals surface area contributed by atoms with E-state index in [0.717, 1.165) is 28.3 Å². The molecule has 1 aromatic carbocycles. The maximum Gasteiger partial charge on any atom is 0.230 e. The zero-order valence-corrected chi connectivity index (χ0v) is 17.5. The predicted octanol–water partition coefficient (Wildman–Crippen LogP) is 3.65. The van der Waals surface area contributed by atoms with Crippen LogP contribution < -0.4 is 5.32 Å². The van der Waals surface area contributed by atoms with Crippen molar-refractivity contribution >= 4 is 39.2 Å². The Hall–Kier alpha value is -1.96. The summed E-state index contributed by atoms with van der Waals surface area (Å²) in [5.41, 5.74) is 2.48. The average molecular weight is 401 g/mol. The Labute approximate surface area is 168 Å². The second-order valence-corrected chi connectivity index (χ2v) is 8.67. The summed E-state index contributed by atoms with van der Waals surface area (Å²) in [6.45, 7) is 6.50. The lowest BCUT2D eigenvalue weighted by atomic mass is 10.2. The number of amides is 1. The molecular weight excluding hydrogens is 376 g/mol. The monoisotopic (exact) mass is 400 g/mol. The molecule has 2 heterocycles. The lowest BCUT2D eigenvalue weighted by molar-refractivity contribution is -0.118. The number of aromatic nitrogens is 2. The summed E-state index contributed by atoms with van der Waals surface area (Å²) >= 11 is 3.15. The number of fused-ring (bicyclic) bond motifs is 1. The topological polar surface area (TPSA) is 58.1 Å². The van der Waals surface area contributed by atoms with Crippen molar-refractivity contribution in [3.63, 3.8) is 0 Å². The maximum absolute atomic E-state index is 12.2. The molecule has 0 spiro atoms. The van der Waals surface area contributed by atoms with E-state index in [1.807, 2.05) is 18.2 Å². The number of thioether (sulfide) groups is 1. The Kier molecular flexibility index (Phi) is 6.82. The molecule has 7 heteroatoms. The number of aryl methyl sites for hydroxylation is 2. The van der Waals surface area contributed by atoms with Crippen LogP contribution in [0.25, 0.3) is 10.2 Å². The largest absolute Gasteiger partial charge is 0.354 e. The van der Waals surface area contributed by atoms with Crippen LogP contribution in [0.3, 0.4) is 0 Å². The molecule has 0 radical (unpaired) electrons. The van der Waals surface area contributed by atoms with Gasteiger partial charge in [0.25, 0.3) is 0 Å². The Morgan fingerprint density at radius 3 is 2.78 bits per heavy atom. The molecule has 1 amide bonds. The van der Waals surface area contributed by atoms with Gasteiger partial charge in [0.2, 0.25) is 5.91 Å². The first-order valence-corrected chi connectivity index (χ1v) is 10.7. The molecule has 3 rings (SSSR count). The van der Waals surface area contributed by atoms with Crippen LogP contribution in [-0.2, 0) is 11.3 Å². The van der Waals surface area contributed by atoms with E-state index in [2.05, 4.69) is 53.2 Å². The van der Waals surface area contributed by atoms with E-state index in [0.29, 0.717) is 12.3 Å². The van der Waals surface area contributed by atoms with Gasteiger partial charge in [-0.05, 0) is 32.0 Å². The molecule has 3 aromatic rings. The fourth-order valence-electron chi connectivity index (χ4n) is 2.80. The zero-order valence-electron chi connectivity index (χ0n) is 15.9. The number of carbonyl (C=O) groups excluding carboxylic acids is 1. The van der Waals surface area contributed by atoms with Crippen molar-refractivity contribution in [2.75, 3.05) is 25.9 Å². The highest BCUT2D eigenvalue weighted by Crippen LogP contribution is 2.34. The first-order chi connectivity index (χ1) is 13.0. The molecule has 1 N–H and O–H groups in total. The smallest absolute Gasteiger partial charge is 0.230 e. The number of benzene rings is 1. The highest BCUT2D eigenvalue weighted by atomic mass is 32.2. The molecule has 142 valence electrons. The van der Waals surface area contributed by atoms with Gasteiger partial charge in [-0.15, -0.1) is 11.3 Å². The summed E-state index contributed by atoms with van der Waals surface area (Å²) in [4.78, 5) is 25.4. The van der Waals surface area contributed by atoms with Gasteiger partial charge in [-0.3, -0.25) is 4.79 Å². The molecule has 0 atom stereocenters. The first-order valence-electron chi connectivity index (χ1n) is 8.87. The lowest BCUT2D eigenvalue weighted by Gasteiger charge is -2.17. The average Bonchev–Trinajstić information content (AvgIpc) is 2.95. The molecule has 0 fully saturated rings. The van der Waals surface area contributed by atoms with Gasteiger partial charge in [-0.1, -0.05) is 42.1 Å². The summed E-state index contributed by atoms with van der Waals surface area (Å²) in [6.07, 6.45) is 1.58. The molecule has 5 nitrogen and oxygen atoms in total. The fourth-order valence-corrected chi connectivity index (χ4v) is 4.75. The van der Waals surface area contributed by atoms with Crippen LogP contribution in [-0.4, -0.2) is 46.7 Å². The van der Waals surface area contributed by atoms with E-state index >= 15 is 0 Å². The lowest BCUT2D eigenvalue weighted by Crippen LogP contribution is -2.33. The minimum Gasteiger partial charge on any atom is -0.354 e. The standard InChI is InChI=1S/C20H24N4OS2/c1-14-15(2)27-20-18(14)19(22-13-23-20)26-12-17(25)21-9-10-24(3)11-16-7-5-4-6-8-16/h4-8,13H,9-12H2,1-3H3,(H,21,25). The van der Waals surface area contributed by atoms with Gasteiger partial charge in [0, 0.05) is 29.9 Å². The van der Waals surface area contributed by atoms with E-state index in [-0.39, 0.29) is 5.91 Å². The Balaban J connectivity index is 1.45. The highest BCUT2D eigenvalue weighted by Gasteiger charge is 2.13. The SMILES string of the molecule is Cc1sc2ncnc(SCC(=O)NCCN(C)Cc3ccccc3)c2c1C. The van der Waals surface area contributed by atoms with Crippen LogP contribution in [0.1, 0.15) is 16.0 Å². The first kappa shape index (κ1) is 19.8. The second kappa shape index (κ2) is 9.30. The fraction of sp³-hybridized carbons (Fsp3) is 0.350. The minimum atomic E-state index is 0.0319. The third-order valence-corrected chi connectivity index (χ3v) is 6.49. The summed E-state index contributed by atoms with van der Waals surface area (Å²) in [7, 11) is 2.06. The summed E-state index contributed by atoms with van der Waals surface area (Å²) < 4.78 is 0. The van der Waals surface area contributed by atoms with Gasteiger partial charge in [-0.25, -0.2) is 9.97 Å². The summed E-state index contributed by atoms with van der Waals surface area (Å²) in [6, 6.07) is 10.3. The number of thiophene rings is 1. The zero-order chi connectivity index (χ0) is 19.2. The second-order valence-electron chi connectivity index (χ2n) is 6.50. The quantitative estimate of drug-likeness (QED) is 0.462. The van der Waals surface area contributed by atoms with Crippen LogP contribution in [0.15, 0.2) is 41.7 Å². The van der Waals surface area contributed by atoms with E-state index in [1.54, 1.807) is 17.7 Å². The molecule has 27 heavy (non-hydrogen) atoms. The van der Waals surface area contributed by atoms with Crippen molar-refractivity contribution in [3.8, 4) is 0 Å². The van der Waals surface area contributed by atoms with E-state index in [9.17, 15) is 4.79 Å². The van der Waals surface area contributed by atoms with Crippen molar-refractivity contribution in [2.45, 2.75) is 25.4 Å². The van der Waals surface area contributed by atoms with Crippen molar-refractivity contribution in [1.82, 2.24) is 20.2 Å². The number of hydrogen-bond donors (Lipinski definition) is 1. The van der Waals surface area contributed by atoms with Crippen LogP contribution in [0.4, 0.5) is 0 Å². The van der Waals surface area contributed by atoms with E-state index in [4.69, 9.17) is 0 Å². The number of hydrogen-bond acceptors (Lipinski definition) is 6. The molecule has 0 saturated carbocycles. The molecule has 2 aromatic heterocycles. The van der Waals surface area contributed by atoms with Crippen molar-refractivity contribution in [2.24, 2.45) is 0 Å². The third kappa shape index (κ3) is 5.28. The normalized spacial score (nSPS) is 11.3. The van der Waals surface area contributed by atoms with Crippen LogP contribution in [0.2, 0.25) is 0 Å². The van der Waals surface area contributed by atoms with E-state index in [1.165, 1.54) is 27.8 Å². The van der Waals surface area contributed by atoms with Crippen molar-refractivity contribution in [1.29, 1.82) is 0 Å². The molecule has 0 aliphatic heterocycles. The molecule has 0 saturated heterocycles. The molecule has 0 bridgehead atoms. The Morgan fingerprint density at radius 2 is 2.00 bits per heavy atom. The molecule has 0 aliphatic carbocycles. The van der Waals surface area contributed by atoms with Crippen LogP contribution in [0, 0.1) is 13.8 Å². The number of carbonyl (C=O) groups is 1. The summed E-state index contributed by atoms with van der Waals surface area (Å²) in [5.74, 6) is 0.396. The third-order valence-electron chi connectivity index (χ3n) is 4.38. The molecule has 0 aliphatic rings. The van der Waals surface area contributed by atoms with Gasteiger partial charge in [0.1, 0.15) is 16.2 Å². The van der Waals surface area contributed by atoms with Gasteiger partial charge >= 0.3 is 0 Å².